The van der Waals surface area contributed by atoms with Gasteiger partial charge in [0.25, 0.3) is 0 Å². The molecule has 0 aromatic heterocycles. The second-order valence-corrected chi connectivity index (χ2v) is 8.18. The Labute approximate surface area is 217 Å². The van der Waals surface area contributed by atoms with Crippen molar-refractivity contribution in [3.05, 3.63) is 0 Å². The van der Waals surface area contributed by atoms with E-state index < -0.39 is 84.9 Å². The number of nitrogens with two attached hydrogens (primary N) is 5. The van der Waals surface area contributed by atoms with E-state index in [4.69, 9.17) is 33.8 Å². The molecule has 0 aliphatic heterocycles. The van der Waals surface area contributed by atoms with Crippen LogP contribution in [-0.2, 0) is 33.6 Å². The number of rotatable bonds is 19. The lowest BCUT2D eigenvalue weighted by atomic mass is 10.1. The number of hydrogen-bond donors (Lipinski definition) is 10. The molecule has 15 N–H and O–H groups in total. The monoisotopic (exact) mass is 545 g/mol. The van der Waals surface area contributed by atoms with Gasteiger partial charge in [-0.2, -0.15) is 0 Å². The zero-order chi connectivity index (χ0) is 29.4. The van der Waals surface area contributed by atoms with Crippen LogP contribution in [0.1, 0.15) is 44.9 Å². The van der Waals surface area contributed by atoms with E-state index >= 15 is 0 Å². The minimum absolute atomic E-state index is 0.0412. The van der Waals surface area contributed by atoms with Gasteiger partial charge in [0.2, 0.25) is 29.5 Å². The number of nitrogens with one attached hydrogen (secondary N) is 3. The third-order valence-electron chi connectivity index (χ3n) is 4.92. The molecule has 0 aliphatic carbocycles. The number of carboxylic acids is 2. The van der Waals surface area contributed by atoms with Crippen LogP contribution >= 0.6 is 0 Å². The molecule has 5 amide bonds. The summed E-state index contributed by atoms with van der Waals surface area (Å²) in [5, 5.41) is 24.9. The predicted molar refractivity (Wildman–Crippen MR) is 130 cm³/mol. The van der Waals surface area contributed by atoms with Gasteiger partial charge in [0.15, 0.2) is 5.96 Å². The Bertz CT molecular complexity index is 922. The molecule has 0 aliphatic rings. The third-order valence-corrected chi connectivity index (χ3v) is 4.92. The summed E-state index contributed by atoms with van der Waals surface area (Å²) in [5.74, 6) is -7.64. The van der Waals surface area contributed by atoms with Gasteiger partial charge in [-0.3, -0.25) is 33.8 Å². The Morgan fingerprint density at radius 1 is 0.684 bits per heavy atom. The summed E-state index contributed by atoms with van der Waals surface area (Å²) < 4.78 is 0. The summed E-state index contributed by atoms with van der Waals surface area (Å²) in [7, 11) is 0. The Kier molecular flexibility index (Phi) is 15.0. The Balaban J connectivity index is 5.72. The Morgan fingerprint density at radius 2 is 1.21 bits per heavy atom. The smallest absolute Gasteiger partial charge is 0.326 e. The predicted octanol–water partition coefficient (Wildman–Crippen LogP) is -5.09. The fourth-order valence-corrected chi connectivity index (χ4v) is 2.96. The zero-order valence-corrected chi connectivity index (χ0v) is 20.6. The molecule has 38 heavy (non-hydrogen) atoms. The number of aliphatic carboxylic acids is 2. The van der Waals surface area contributed by atoms with Crippen LogP contribution in [0.2, 0.25) is 0 Å². The summed E-state index contributed by atoms with van der Waals surface area (Å²) in [6.07, 6.45) is -2.00. The fourth-order valence-electron chi connectivity index (χ4n) is 2.96. The molecule has 0 spiro atoms. The first-order valence-electron chi connectivity index (χ1n) is 11.4. The van der Waals surface area contributed by atoms with E-state index in [-0.39, 0.29) is 38.2 Å². The van der Waals surface area contributed by atoms with E-state index in [0.717, 1.165) is 0 Å². The maximum Gasteiger partial charge on any atom is 0.326 e. The molecule has 0 rings (SSSR count). The third kappa shape index (κ3) is 14.8. The molecule has 0 aromatic carbocycles. The van der Waals surface area contributed by atoms with E-state index in [2.05, 4.69) is 20.9 Å². The second-order valence-electron chi connectivity index (χ2n) is 8.18. The lowest BCUT2D eigenvalue weighted by molar-refractivity contribution is -0.143. The molecule has 0 bridgehead atoms. The number of primary amides is 2. The highest BCUT2D eigenvalue weighted by Crippen LogP contribution is 2.06. The van der Waals surface area contributed by atoms with Gasteiger partial charge in [-0.05, 0) is 25.7 Å². The normalized spacial score (nSPS) is 13.6. The molecule has 4 atom stereocenters. The number of hydrogen-bond acceptors (Lipinski definition) is 9. The molecule has 0 saturated heterocycles. The van der Waals surface area contributed by atoms with Gasteiger partial charge in [-0.1, -0.05) is 0 Å². The highest BCUT2D eigenvalue weighted by atomic mass is 16.4. The van der Waals surface area contributed by atoms with Crippen molar-refractivity contribution in [3.63, 3.8) is 0 Å². The van der Waals surface area contributed by atoms with Crippen molar-refractivity contribution < 1.29 is 43.8 Å². The number of nitrogens with zero attached hydrogens (tertiary/aromatic N) is 1. The molecule has 0 fully saturated rings. The lowest BCUT2D eigenvalue weighted by Gasteiger charge is -2.25. The van der Waals surface area contributed by atoms with Gasteiger partial charge in [-0.15, -0.1) is 0 Å². The van der Waals surface area contributed by atoms with Gasteiger partial charge in [0.05, 0.1) is 12.5 Å². The highest BCUT2D eigenvalue weighted by Gasteiger charge is 2.31. The van der Waals surface area contributed by atoms with Crippen molar-refractivity contribution in [2.45, 2.75) is 69.1 Å². The van der Waals surface area contributed by atoms with Gasteiger partial charge in [0.1, 0.15) is 18.1 Å². The van der Waals surface area contributed by atoms with Crippen LogP contribution in [0.3, 0.4) is 0 Å². The molecule has 214 valence electrons. The largest absolute Gasteiger partial charge is 0.481 e. The van der Waals surface area contributed by atoms with E-state index in [0.29, 0.717) is 0 Å². The number of guanidine groups is 1. The van der Waals surface area contributed by atoms with Crippen LogP contribution in [0.4, 0.5) is 0 Å². The van der Waals surface area contributed by atoms with Crippen LogP contribution in [-0.4, -0.2) is 88.4 Å². The molecule has 0 radical (unpaired) electrons. The molecule has 4 unspecified atom stereocenters. The van der Waals surface area contributed by atoms with Crippen molar-refractivity contribution in [1.29, 1.82) is 0 Å². The van der Waals surface area contributed by atoms with E-state index in [9.17, 15) is 38.7 Å². The topological polar surface area (TPSA) is 338 Å². The minimum Gasteiger partial charge on any atom is -0.481 e. The second kappa shape index (κ2) is 17.1. The van der Waals surface area contributed by atoms with Crippen LogP contribution in [0.25, 0.3) is 0 Å². The molecular formula is C20H35N9O9. The van der Waals surface area contributed by atoms with E-state index in [1.54, 1.807) is 0 Å². The van der Waals surface area contributed by atoms with Gasteiger partial charge in [0, 0.05) is 19.4 Å². The quantitative estimate of drug-likeness (QED) is 0.0414. The van der Waals surface area contributed by atoms with E-state index in [1.807, 2.05) is 0 Å². The molecule has 0 aromatic rings. The standard InChI is InChI=1S/C20H35N9O9/c21-9(3-5-13(22)30)16(34)27-11(4-6-15(32)33)18(36)28-10(2-1-7-26-20(24)25)17(35)29-12(19(37)38)8-14(23)31/h9-12H,1-8,21H2,(H2,22,30)(H2,23,31)(H,27,34)(H,28,36)(H,29,35)(H,32,33)(H,37,38)(H4,24,25,26). The Morgan fingerprint density at radius 3 is 1.68 bits per heavy atom. The molecular weight excluding hydrogens is 510 g/mol. The van der Waals surface area contributed by atoms with Gasteiger partial charge < -0.3 is 54.8 Å². The first kappa shape index (κ1) is 33.5. The van der Waals surface area contributed by atoms with Gasteiger partial charge in [-0.25, -0.2) is 4.79 Å². The van der Waals surface area contributed by atoms with Gasteiger partial charge >= 0.3 is 11.9 Å². The zero-order valence-electron chi connectivity index (χ0n) is 20.6. The number of carbonyl (C=O) groups excluding carboxylic acids is 5. The summed E-state index contributed by atoms with van der Waals surface area (Å²) in [6.45, 7) is 0.0412. The van der Waals surface area contributed by atoms with Crippen molar-refractivity contribution in [1.82, 2.24) is 16.0 Å². The summed E-state index contributed by atoms with van der Waals surface area (Å²) in [4.78, 5) is 86.4. The molecule has 18 heteroatoms. The van der Waals surface area contributed by atoms with E-state index in [1.165, 1.54) is 0 Å². The number of carbonyl (C=O) groups is 7. The highest BCUT2D eigenvalue weighted by molar-refractivity contribution is 5.95. The molecule has 0 heterocycles. The maximum absolute atomic E-state index is 13.0. The summed E-state index contributed by atoms with van der Waals surface area (Å²) in [5.41, 5.74) is 26.2. The van der Waals surface area contributed by atoms with Crippen LogP contribution < -0.4 is 44.6 Å². The minimum atomic E-state index is -1.69. The summed E-state index contributed by atoms with van der Waals surface area (Å²) >= 11 is 0. The number of carboxylic acid groups (broad SMARTS) is 2. The average molecular weight is 546 g/mol. The molecule has 18 nitrogen and oxygen atoms in total. The first-order valence-corrected chi connectivity index (χ1v) is 11.4. The lowest BCUT2D eigenvalue weighted by Crippen LogP contribution is -2.57. The SMILES string of the molecule is NC(=O)CCC(N)C(=O)NC(CCC(=O)O)C(=O)NC(CCCN=C(N)N)C(=O)NC(CC(N)=O)C(=O)O. The van der Waals surface area contributed by atoms with Crippen molar-refractivity contribution in [3.8, 4) is 0 Å². The fraction of sp³-hybridized carbons (Fsp3) is 0.600. The number of aliphatic imine (C=N–C) groups is 1. The van der Waals surface area contributed by atoms with Crippen molar-refractivity contribution >= 4 is 47.4 Å². The van der Waals surface area contributed by atoms with Crippen LogP contribution in [0.5, 0.6) is 0 Å². The van der Waals surface area contributed by atoms with Crippen LogP contribution in [0.15, 0.2) is 4.99 Å². The van der Waals surface area contributed by atoms with Crippen LogP contribution in [0, 0.1) is 0 Å². The van der Waals surface area contributed by atoms with Crippen molar-refractivity contribution in [2.75, 3.05) is 6.54 Å². The number of amides is 5. The first-order chi connectivity index (χ1) is 17.6. The maximum atomic E-state index is 13.0. The average Bonchev–Trinajstić information content (AvgIpc) is 2.80. The van der Waals surface area contributed by atoms with Crippen molar-refractivity contribution in [2.24, 2.45) is 33.7 Å². The Hall–Kier alpha value is -4.48. The summed E-state index contributed by atoms with van der Waals surface area (Å²) in [6, 6.07) is -5.80. The molecule has 0 saturated carbocycles.